The fraction of sp³-hybridized carbons (Fsp3) is 0.211. The van der Waals surface area contributed by atoms with E-state index in [0.29, 0.717) is 29.9 Å². The van der Waals surface area contributed by atoms with Gasteiger partial charge in [0.15, 0.2) is 5.11 Å². The molecule has 30 heavy (non-hydrogen) atoms. The van der Waals surface area contributed by atoms with E-state index in [1.165, 1.54) is 0 Å². The molecule has 0 spiro atoms. The molecule has 0 aliphatic heterocycles. The lowest BCUT2D eigenvalue weighted by molar-refractivity contribution is 0.552. The van der Waals surface area contributed by atoms with Crippen LogP contribution in [0.5, 0.6) is 0 Å². The standard InChI is InChI=1S/C19H20N10S/c1-3-28-24-17(22-26-28)13-5-9-15(10-6-13)20-19(30)21-16-11-7-14(8-12-16)18-23-27-29(4-2)25-18/h5-12H,3-4H2,1-2H3,(H2,20,21,30). The number of nitrogens with one attached hydrogen (secondary N) is 2. The number of rotatable bonds is 6. The zero-order chi connectivity index (χ0) is 20.9. The molecule has 2 heterocycles. The molecule has 0 unspecified atom stereocenters. The Kier molecular flexibility index (Phi) is 5.70. The highest BCUT2D eigenvalue weighted by Gasteiger charge is 2.07. The van der Waals surface area contributed by atoms with Crippen LogP contribution in [-0.2, 0) is 13.1 Å². The van der Waals surface area contributed by atoms with Crippen molar-refractivity contribution in [2.45, 2.75) is 26.9 Å². The van der Waals surface area contributed by atoms with Gasteiger partial charge in [0.2, 0.25) is 11.6 Å². The Morgan fingerprint density at radius 3 is 1.47 bits per heavy atom. The third-order valence-corrected chi connectivity index (χ3v) is 4.48. The predicted octanol–water partition coefficient (Wildman–Crippen LogP) is 2.84. The van der Waals surface area contributed by atoms with Crippen molar-refractivity contribution < 1.29 is 0 Å². The van der Waals surface area contributed by atoms with Crippen molar-refractivity contribution >= 4 is 28.7 Å². The molecule has 152 valence electrons. The van der Waals surface area contributed by atoms with Crippen molar-refractivity contribution in [2.24, 2.45) is 0 Å². The molecule has 0 aliphatic carbocycles. The van der Waals surface area contributed by atoms with Crippen LogP contribution in [0.15, 0.2) is 48.5 Å². The van der Waals surface area contributed by atoms with Crippen LogP contribution in [0.1, 0.15) is 13.8 Å². The number of nitrogens with zero attached hydrogens (tertiary/aromatic N) is 8. The monoisotopic (exact) mass is 420 g/mol. The summed E-state index contributed by atoms with van der Waals surface area (Å²) in [7, 11) is 0. The second-order valence-electron chi connectivity index (χ2n) is 6.34. The van der Waals surface area contributed by atoms with E-state index in [1.807, 2.05) is 62.4 Å². The number of thiocarbonyl (C=S) groups is 1. The van der Waals surface area contributed by atoms with Crippen LogP contribution < -0.4 is 10.6 Å². The maximum Gasteiger partial charge on any atom is 0.204 e. The van der Waals surface area contributed by atoms with Crippen molar-refractivity contribution in [3.05, 3.63) is 48.5 Å². The molecule has 0 bridgehead atoms. The van der Waals surface area contributed by atoms with Crippen LogP contribution in [-0.4, -0.2) is 45.5 Å². The van der Waals surface area contributed by atoms with Crippen LogP contribution in [0.4, 0.5) is 11.4 Å². The van der Waals surface area contributed by atoms with Crippen LogP contribution in [0, 0.1) is 0 Å². The maximum atomic E-state index is 5.41. The lowest BCUT2D eigenvalue weighted by atomic mass is 10.2. The minimum Gasteiger partial charge on any atom is -0.332 e. The third kappa shape index (κ3) is 4.46. The average Bonchev–Trinajstić information content (AvgIpc) is 3.44. The molecule has 0 atom stereocenters. The first-order valence-corrected chi connectivity index (χ1v) is 9.90. The minimum absolute atomic E-state index is 0.487. The minimum atomic E-state index is 0.487. The van der Waals surface area contributed by atoms with Gasteiger partial charge in [-0.2, -0.15) is 9.59 Å². The third-order valence-electron chi connectivity index (χ3n) is 4.27. The summed E-state index contributed by atoms with van der Waals surface area (Å²) in [5, 5.41) is 31.5. The number of aryl methyl sites for hydroxylation is 2. The first-order valence-electron chi connectivity index (χ1n) is 9.49. The van der Waals surface area contributed by atoms with Crippen molar-refractivity contribution in [3.63, 3.8) is 0 Å². The molecule has 4 rings (SSSR count). The van der Waals surface area contributed by atoms with Crippen molar-refractivity contribution in [1.29, 1.82) is 0 Å². The van der Waals surface area contributed by atoms with Crippen molar-refractivity contribution in [1.82, 2.24) is 40.4 Å². The van der Waals surface area contributed by atoms with Gasteiger partial charge >= 0.3 is 0 Å². The topological polar surface area (TPSA) is 111 Å². The molecule has 0 fully saturated rings. The Labute approximate surface area is 178 Å². The number of hydrogen-bond donors (Lipinski definition) is 2. The summed E-state index contributed by atoms with van der Waals surface area (Å²) in [4.78, 5) is 3.10. The Morgan fingerprint density at radius 2 is 1.13 bits per heavy atom. The number of aromatic nitrogens is 8. The van der Waals surface area contributed by atoms with Crippen LogP contribution in [0.25, 0.3) is 22.8 Å². The molecular weight excluding hydrogens is 400 g/mol. The summed E-state index contributed by atoms with van der Waals surface area (Å²) in [5.74, 6) is 1.19. The molecule has 11 heteroatoms. The van der Waals surface area contributed by atoms with Gasteiger partial charge in [0.05, 0.1) is 13.1 Å². The van der Waals surface area contributed by atoms with E-state index in [0.717, 1.165) is 22.5 Å². The zero-order valence-electron chi connectivity index (χ0n) is 16.5. The van der Waals surface area contributed by atoms with Gasteiger partial charge in [0.25, 0.3) is 0 Å². The molecule has 0 aliphatic rings. The maximum absolute atomic E-state index is 5.41. The molecule has 2 aromatic heterocycles. The number of tetrazole rings is 2. The quantitative estimate of drug-likeness (QED) is 0.455. The molecular formula is C19H20N10S. The summed E-state index contributed by atoms with van der Waals surface area (Å²) in [6.07, 6.45) is 0. The average molecular weight is 421 g/mol. The summed E-state index contributed by atoms with van der Waals surface area (Å²) >= 11 is 5.41. The van der Waals surface area contributed by atoms with E-state index in [2.05, 4.69) is 41.5 Å². The highest BCUT2D eigenvalue weighted by atomic mass is 32.1. The van der Waals surface area contributed by atoms with Crippen LogP contribution >= 0.6 is 12.2 Å². The van der Waals surface area contributed by atoms with Gasteiger partial charge in [-0.3, -0.25) is 0 Å². The molecule has 10 nitrogen and oxygen atoms in total. The second-order valence-corrected chi connectivity index (χ2v) is 6.75. The van der Waals surface area contributed by atoms with E-state index >= 15 is 0 Å². The fourth-order valence-corrected chi connectivity index (χ4v) is 2.92. The van der Waals surface area contributed by atoms with Gasteiger partial charge in [0, 0.05) is 22.5 Å². The number of anilines is 2. The molecule has 0 saturated heterocycles. The van der Waals surface area contributed by atoms with Gasteiger partial charge in [-0.05, 0) is 85.0 Å². The largest absolute Gasteiger partial charge is 0.332 e. The van der Waals surface area contributed by atoms with Crippen molar-refractivity contribution in [2.75, 3.05) is 10.6 Å². The Morgan fingerprint density at radius 1 is 0.733 bits per heavy atom. The van der Waals surface area contributed by atoms with Gasteiger partial charge in [-0.15, -0.1) is 20.4 Å². The Bertz CT molecular complexity index is 1040. The second kappa shape index (κ2) is 8.74. The van der Waals surface area contributed by atoms with Crippen LogP contribution in [0.2, 0.25) is 0 Å². The van der Waals surface area contributed by atoms with E-state index < -0.39 is 0 Å². The fourth-order valence-electron chi connectivity index (χ4n) is 2.68. The molecule has 4 aromatic rings. The summed E-state index contributed by atoms with van der Waals surface area (Å²) in [6, 6.07) is 15.4. The SMILES string of the molecule is CCn1nnc(-c2ccc(NC(=S)Nc3ccc(-c4nnn(CC)n4)cc3)cc2)n1. The van der Waals surface area contributed by atoms with Gasteiger partial charge in [0.1, 0.15) is 0 Å². The normalized spacial score (nSPS) is 10.7. The van der Waals surface area contributed by atoms with Gasteiger partial charge in [-0.25, -0.2) is 0 Å². The first kappa shape index (κ1) is 19.6. The summed E-state index contributed by atoms with van der Waals surface area (Å²) in [6.45, 7) is 5.30. The van der Waals surface area contributed by atoms with E-state index in [1.54, 1.807) is 9.59 Å². The summed E-state index contributed by atoms with van der Waals surface area (Å²) in [5.41, 5.74) is 3.50. The molecule has 0 saturated carbocycles. The number of hydrogen-bond acceptors (Lipinski definition) is 7. The van der Waals surface area contributed by atoms with Crippen molar-refractivity contribution in [3.8, 4) is 22.8 Å². The highest BCUT2D eigenvalue weighted by Crippen LogP contribution is 2.19. The molecule has 2 aromatic carbocycles. The Balaban J connectivity index is 1.36. The molecule has 0 radical (unpaired) electrons. The van der Waals surface area contributed by atoms with Gasteiger partial charge < -0.3 is 10.6 Å². The highest BCUT2D eigenvalue weighted by molar-refractivity contribution is 7.80. The van der Waals surface area contributed by atoms with Crippen LogP contribution in [0.3, 0.4) is 0 Å². The predicted molar refractivity (Wildman–Crippen MR) is 118 cm³/mol. The summed E-state index contributed by atoms with van der Waals surface area (Å²) < 4.78 is 0. The first-order chi connectivity index (χ1) is 14.6. The van der Waals surface area contributed by atoms with E-state index in [9.17, 15) is 0 Å². The molecule has 0 amide bonds. The smallest absolute Gasteiger partial charge is 0.204 e. The Hall–Kier alpha value is -3.73. The zero-order valence-corrected chi connectivity index (χ0v) is 17.3. The lowest BCUT2D eigenvalue weighted by Gasteiger charge is -2.11. The lowest BCUT2D eigenvalue weighted by Crippen LogP contribution is -2.18. The number of benzene rings is 2. The molecule has 2 N–H and O–H groups in total. The van der Waals surface area contributed by atoms with Gasteiger partial charge in [-0.1, -0.05) is 0 Å². The van der Waals surface area contributed by atoms with E-state index in [4.69, 9.17) is 12.2 Å². The van der Waals surface area contributed by atoms with E-state index in [-0.39, 0.29) is 0 Å².